The number of ether oxygens (including phenoxy) is 1. The SMILES string of the molecule is COC(=O)c1cccc(S(=O)(=O)NCCc2nc(C)no2)c1C. The third-order valence-electron chi connectivity index (χ3n) is 3.18. The van der Waals surface area contributed by atoms with Crippen LogP contribution in [0.25, 0.3) is 0 Å². The average Bonchev–Trinajstić information content (AvgIpc) is 2.91. The van der Waals surface area contributed by atoms with Crippen molar-refractivity contribution in [1.82, 2.24) is 14.9 Å². The van der Waals surface area contributed by atoms with Gasteiger partial charge in [0, 0.05) is 13.0 Å². The number of aryl methyl sites for hydroxylation is 1. The molecule has 23 heavy (non-hydrogen) atoms. The lowest BCUT2D eigenvalue weighted by Crippen LogP contribution is -2.27. The van der Waals surface area contributed by atoms with Crippen molar-refractivity contribution >= 4 is 16.0 Å². The Kier molecular flexibility index (Phi) is 5.12. The molecule has 124 valence electrons. The van der Waals surface area contributed by atoms with E-state index in [1.54, 1.807) is 13.8 Å². The molecule has 0 unspecified atom stereocenters. The molecule has 2 rings (SSSR count). The Morgan fingerprint density at radius 2 is 2.09 bits per heavy atom. The predicted octanol–water partition coefficient (Wildman–Crippen LogP) is 0.994. The van der Waals surface area contributed by atoms with Gasteiger partial charge in [0.15, 0.2) is 5.82 Å². The normalized spacial score (nSPS) is 11.4. The molecule has 0 atom stereocenters. The van der Waals surface area contributed by atoms with E-state index in [2.05, 4.69) is 19.6 Å². The van der Waals surface area contributed by atoms with Crippen molar-refractivity contribution < 1.29 is 22.5 Å². The molecule has 0 saturated carbocycles. The summed E-state index contributed by atoms with van der Waals surface area (Å²) in [6.07, 6.45) is 0.274. The Morgan fingerprint density at radius 1 is 1.35 bits per heavy atom. The molecule has 0 radical (unpaired) electrons. The molecular weight excluding hydrogens is 322 g/mol. The minimum absolute atomic E-state index is 0.0297. The first kappa shape index (κ1) is 17.1. The van der Waals surface area contributed by atoms with Gasteiger partial charge in [-0.3, -0.25) is 0 Å². The highest BCUT2D eigenvalue weighted by atomic mass is 32.2. The second-order valence-electron chi connectivity index (χ2n) is 4.80. The summed E-state index contributed by atoms with van der Waals surface area (Å²) in [6.45, 7) is 3.34. The fraction of sp³-hybridized carbons (Fsp3) is 0.357. The molecule has 0 fully saturated rings. The summed E-state index contributed by atoms with van der Waals surface area (Å²) in [4.78, 5) is 15.7. The van der Waals surface area contributed by atoms with Crippen molar-refractivity contribution in [2.45, 2.75) is 25.2 Å². The van der Waals surface area contributed by atoms with Crippen LogP contribution >= 0.6 is 0 Å². The largest absolute Gasteiger partial charge is 0.465 e. The molecule has 0 amide bonds. The number of carbonyl (C=O) groups excluding carboxylic acids is 1. The van der Waals surface area contributed by atoms with Crippen LogP contribution in [0.3, 0.4) is 0 Å². The molecule has 0 aliphatic heterocycles. The van der Waals surface area contributed by atoms with Crippen molar-refractivity contribution in [3.05, 3.63) is 41.0 Å². The number of nitrogens with zero attached hydrogens (tertiary/aromatic N) is 2. The highest BCUT2D eigenvalue weighted by Gasteiger charge is 2.21. The summed E-state index contributed by atoms with van der Waals surface area (Å²) in [5.74, 6) is 0.260. The van der Waals surface area contributed by atoms with Gasteiger partial charge in [0.1, 0.15) is 0 Å². The second-order valence-corrected chi connectivity index (χ2v) is 6.54. The Balaban J connectivity index is 2.14. The van der Waals surface area contributed by atoms with E-state index in [9.17, 15) is 13.2 Å². The molecule has 1 heterocycles. The first-order valence-corrected chi connectivity index (χ1v) is 8.30. The summed E-state index contributed by atoms with van der Waals surface area (Å²) < 4.78 is 36.8. The number of methoxy groups -OCH3 is 1. The van der Waals surface area contributed by atoms with Crippen LogP contribution in [0.2, 0.25) is 0 Å². The van der Waals surface area contributed by atoms with Gasteiger partial charge < -0.3 is 9.26 Å². The number of nitrogens with one attached hydrogen (secondary N) is 1. The lowest BCUT2D eigenvalue weighted by Gasteiger charge is -2.11. The lowest BCUT2D eigenvalue weighted by atomic mass is 10.1. The van der Waals surface area contributed by atoms with E-state index < -0.39 is 16.0 Å². The number of carbonyl (C=O) groups is 1. The zero-order chi connectivity index (χ0) is 17.0. The van der Waals surface area contributed by atoms with Gasteiger partial charge in [0.2, 0.25) is 15.9 Å². The summed E-state index contributed by atoms with van der Waals surface area (Å²) in [6, 6.07) is 4.44. The zero-order valence-electron chi connectivity index (χ0n) is 13.0. The zero-order valence-corrected chi connectivity index (χ0v) is 13.8. The van der Waals surface area contributed by atoms with Crippen LogP contribution in [-0.2, 0) is 21.2 Å². The van der Waals surface area contributed by atoms with Gasteiger partial charge >= 0.3 is 5.97 Å². The highest BCUT2D eigenvalue weighted by Crippen LogP contribution is 2.19. The maximum absolute atomic E-state index is 12.4. The first-order valence-electron chi connectivity index (χ1n) is 6.82. The molecule has 0 aliphatic rings. The molecule has 9 heteroatoms. The van der Waals surface area contributed by atoms with Crippen LogP contribution in [0, 0.1) is 13.8 Å². The number of sulfonamides is 1. The van der Waals surface area contributed by atoms with Crippen LogP contribution in [0.5, 0.6) is 0 Å². The number of hydrogen-bond donors (Lipinski definition) is 1. The fourth-order valence-electron chi connectivity index (χ4n) is 2.05. The van der Waals surface area contributed by atoms with Crippen molar-refractivity contribution in [3.8, 4) is 0 Å². The smallest absolute Gasteiger partial charge is 0.338 e. The average molecular weight is 339 g/mol. The molecule has 8 nitrogen and oxygen atoms in total. The Labute approximate surface area is 133 Å². The van der Waals surface area contributed by atoms with Crippen LogP contribution in [-0.4, -0.2) is 38.2 Å². The number of aromatic nitrogens is 2. The highest BCUT2D eigenvalue weighted by molar-refractivity contribution is 7.89. The summed E-state index contributed by atoms with van der Waals surface area (Å²) >= 11 is 0. The standard InChI is InChI=1S/C14H17N3O5S/c1-9-11(14(18)21-3)5-4-6-12(9)23(19,20)15-8-7-13-16-10(2)17-22-13/h4-6,15H,7-8H2,1-3H3. The van der Waals surface area contributed by atoms with Crippen LogP contribution < -0.4 is 4.72 Å². The summed E-state index contributed by atoms with van der Waals surface area (Å²) in [5, 5.41) is 3.63. The van der Waals surface area contributed by atoms with E-state index in [-0.39, 0.29) is 23.4 Å². The van der Waals surface area contributed by atoms with Crippen LogP contribution in [0.1, 0.15) is 27.6 Å². The Morgan fingerprint density at radius 3 is 2.70 bits per heavy atom. The van der Waals surface area contributed by atoms with Gasteiger partial charge in [-0.25, -0.2) is 17.9 Å². The Bertz CT molecular complexity index is 814. The van der Waals surface area contributed by atoms with Crippen molar-refractivity contribution in [3.63, 3.8) is 0 Å². The van der Waals surface area contributed by atoms with Crippen molar-refractivity contribution in [1.29, 1.82) is 0 Å². The monoisotopic (exact) mass is 339 g/mol. The molecular formula is C14H17N3O5S. The van der Waals surface area contributed by atoms with Gasteiger partial charge in [0.25, 0.3) is 0 Å². The molecule has 0 bridgehead atoms. The fourth-order valence-corrected chi connectivity index (χ4v) is 3.35. The molecule has 1 N–H and O–H groups in total. The second kappa shape index (κ2) is 6.88. The molecule has 1 aromatic heterocycles. The van der Waals surface area contributed by atoms with Crippen molar-refractivity contribution in [2.75, 3.05) is 13.7 Å². The van der Waals surface area contributed by atoms with Gasteiger partial charge in [-0.15, -0.1) is 0 Å². The molecule has 2 aromatic rings. The van der Waals surface area contributed by atoms with Gasteiger partial charge in [-0.05, 0) is 31.5 Å². The summed E-state index contributed by atoms with van der Waals surface area (Å²) in [7, 11) is -2.52. The molecule has 0 spiro atoms. The Hall–Kier alpha value is -2.26. The lowest BCUT2D eigenvalue weighted by molar-refractivity contribution is 0.0599. The number of benzene rings is 1. The maximum Gasteiger partial charge on any atom is 0.338 e. The van der Waals surface area contributed by atoms with Gasteiger partial charge in [-0.2, -0.15) is 4.98 Å². The third kappa shape index (κ3) is 3.93. The molecule has 0 aliphatic carbocycles. The van der Waals surface area contributed by atoms with Crippen molar-refractivity contribution in [2.24, 2.45) is 0 Å². The van der Waals surface area contributed by atoms with Crippen LogP contribution in [0.15, 0.2) is 27.6 Å². The minimum Gasteiger partial charge on any atom is -0.465 e. The quantitative estimate of drug-likeness (QED) is 0.781. The van der Waals surface area contributed by atoms with Gasteiger partial charge in [-0.1, -0.05) is 11.2 Å². The number of hydrogen-bond acceptors (Lipinski definition) is 7. The number of rotatable bonds is 6. The van der Waals surface area contributed by atoms with E-state index in [1.807, 2.05) is 0 Å². The van der Waals surface area contributed by atoms with Crippen LogP contribution in [0.4, 0.5) is 0 Å². The summed E-state index contributed by atoms with van der Waals surface area (Å²) in [5.41, 5.74) is 0.545. The molecule has 0 saturated heterocycles. The maximum atomic E-state index is 12.4. The van der Waals surface area contributed by atoms with E-state index in [1.165, 1.54) is 25.3 Å². The van der Waals surface area contributed by atoms with E-state index in [0.29, 0.717) is 17.3 Å². The molecule has 1 aromatic carbocycles. The minimum atomic E-state index is -3.77. The van der Waals surface area contributed by atoms with E-state index in [4.69, 9.17) is 4.52 Å². The predicted molar refractivity (Wildman–Crippen MR) is 80.4 cm³/mol. The third-order valence-corrected chi connectivity index (χ3v) is 4.78. The number of esters is 1. The topological polar surface area (TPSA) is 111 Å². The first-order chi connectivity index (χ1) is 10.8. The van der Waals surface area contributed by atoms with E-state index >= 15 is 0 Å². The van der Waals surface area contributed by atoms with E-state index in [0.717, 1.165) is 0 Å². The van der Waals surface area contributed by atoms with Gasteiger partial charge in [0.05, 0.1) is 17.6 Å².